The molecule has 0 spiro atoms. The zero-order valence-electron chi connectivity index (χ0n) is 12.5. The van der Waals surface area contributed by atoms with Crippen molar-refractivity contribution in [1.82, 2.24) is 0 Å². The highest BCUT2D eigenvalue weighted by atomic mass is 16.4. The van der Waals surface area contributed by atoms with Crippen LogP contribution < -0.4 is 5.32 Å². The Labute approximate surface area is 125 Å². The lowest BCUT2D eigenvalue weighted by atomic mass is 10.1. The van der Waals surface area contributed by atoms with Crippen molar-refractivity contribution < 1.29 is 9.90 Å². The average molecular weight is 283 g/mol. The molecule has 2 rings (SSSR count). The van der Waals surface area contributed by atoms with Crippen molar-refractivity contribution >= 4 is 11.7 Å². The minimum atomic E-state index is -0.761. The van der Waals surface area contributed by atoms with E-state index in [0.717, 1.165) is 17.8 Å². The number of hydrogen-bond donors (Lipinski definition) is 2. The lowest BCUT2D eigenvalue weighted by molar-refractivity contribution is -0.136. The molecule has 2 aromatic rings. The number of nitrogens with one attached hydrogen (secondary N) is 1. The van der Waals surface area contributed by atoms with E-state index in [9.17, 15) is 4.79 Å². The number of carboxylic acids is 1. The smallest absolute Gasteiger partial charge is 0.303 e. The lowest BCUT2D eigenvalue weighted by Crippen LogP contribution is -2.01. The van der Waals surface area contributed by atoms with E-state index in [-0.39, 0.29) is 6.42 Å². The van der Waals surface area contributed by atoms with Crippen LogP contribution in [0.2, 0.25) is 0 Å². The fourth-order valence-corrected chi connectivity index (χ4v) is 2.21. The third-order valence-corrected chi connectivity index (χ3v) is 3.62. The van der Waals surface area contributed by atoms with Crippen LogP contribution in [0, 0.1) is 13.8 Å². The third kappa shape index (κ3) is 4.63. The van der Waals surface area contributed by atoms with Crippen molar-refractivity contribution in [1.29, 1.82) is 0 Å². The normalized spacial score (nSPS) is 10.4. The predicted molar refractivity (Wildman–Crippen MR) is 85.6 cm³/mol. The summed E-state index contributed by atoms with van der Waals surface area (Å²) >= 11 is 0. The van der Waals surface area contributed by atoms with Crippen molar-refractivity contribution in [3.8, 4) is 0 Å². The summed E-state index contributed by atoms with van der Waals surface area (Å²) in [5, 5.41) is 12.1. The second-order valence-electron chi connectivity index (χ2n) is 5.37. The molecule has 0 aliphatic carbocycles. The van der Waals surface area contributed by atoms with Crippen molar-refractivity contribution in [3.63, 3.8) is 0 Å². The van der Waals surface area contributed by atoms with E-state index >= 15 is 0 Å². The summed E-state index contributed by atoms with van der Waals surface area (Å²) in [6, 6.07) is 14.4. The number of aliphatic carboxylic acids is 1. The van der Waals surface area contributed by atoms with Crippen LogP contribution in [-0.4, -0.2) is 11.1 Å². The fraction of sp³-hybridized carbons (Fsp3) is 0.278. The minimum absolute atomic E-state index is 0.167. The molecule has 0 amide bonds. The first-order valence-electron chi connectivity index (χ1n) is 7.15. The van der Waals surface area contributed by atoms with Gasteiger partial charge in [-0.25, -0.2) is 0 Å². The van der Waals surface area contributed by atoms with Gasteiger partial charge in [0.1, 0.15) is 0 Å². The van der Waals surface area contributed by atoms with E-state index in [1.807, 2.05) is 24.3 Å². The van der Waals surface area contributed by atoms with Gasteiger partial charge >= 0.3 is 5.97 Å². The Morgan fingerprint density at radius 3 is 2.57 bits per heavy atom. The van der Waals surface area contributed by atoms with Gasteiger partial charge in [0.25, 0.3) is 0 Å². The molecule has 0 unspecified atom stereocenters. The summed E-state index contributed by atoms with van der Waals surface area (Å²) in [6.45, 7) is 4.99. The predicted octanol–water partition coefficient (Wildman–Crippen LogP) is 3.93. The summed E-state index contributed by atoms with van der Waals surface area (Å²) < 4.78 is 0. The number of carboxylic acid groups (broad SMARTS) is 1. The van der Waals surface area contributed by atoms with E-state index < -0.39 is 5.97 Å². The first-order valence-corrected chi connectivity index (χ1v) is 7.15. The van der Waals surface area contributed by atoms with Crippen LogP contribution in [-0.2, 0) is 17.8 Å². The number of anilines is 1. The number of carbonyl (C=O) groups is 1. The maximum Gasteiger partial charge on any atom is 0.303 e. The largest absolute Gasteiger partial charge is 0.481 e. The molecule has 0 radical (unpaired) electrons. The van der Waals surface area contributed by atoms with Gasteiger partial charge in [-0.3, -0.25) is 4.79 Å². The van der Waals surface area contributed by atoms with Gasteiger partial charge in [-0.2, -0.15) is 0 Å². The molecule has 0 heterocycles. The molecule has 0 fully saturated rings. The fourth-order valence-electron chi connectivity index (χ4n) is 2.21. The van der Waals surface area contributed by atoms with Crippen molar-refractivity contribution in [2.75, 3.05) is 5.32 Å². The zero-order valence-corrected chi connectivity index (χ0v) is 12.5. The molecule has 0 aliphatic heterocycles. The second-order valence-corrected chi connectivity index (χ2v) is 5.37. The molecule has 0 saturated heterocycles. The van der Waals surface area contributed by atoms with Crippen molar-refractivity contribution in [2.24, 2.45) is 0 Å². The van der Waals surface area contributed by atoms with Crippen molar-refractivity contribution in [3.05, 3.63) is 64.7 Å². The highest BCUT2D eigenvalue weighted by Crippen LogP contribution is 2.15. The molecule has 3 nitrogen and oxygen atoms in total. The topological polar surface area (TPSA) is 49.3 Å². The SMILES string of the molecule is Cc1ccc(CNc2cccc(CCC(=O)O)c2)cc1C. The van der Waals surface area contributed by atoms with Gasteiger partial charge in [-0.05, 0) is 54.7 Å². The quantitative estimate of drug-likeness (QED) is 0.844. The summed E-state index contributed by atoms with van der Waals surface area (Å²) in [7, 11) is 0. The zero-order chi connectivity index (χ0) is 15.2. The highest BCUT2D eigenvalue weighted by molar-refractivity contribution is 5.67. The van der Waals surface area contributed by atoms with Crippen molar-refractivity contribution in [2.45, 2.75) is 33.2 Å². The first-order chi connectivity index (χ1) is 10.0. The molecule has 2 N–H and O–H groups in total. The lowest BCUT2D eigenvalue weighted by Gasteiger charge is -2.10. The Morgan fingerprint density at radius 1 is 1.05 bits per heavy atom. The van der Waals surface area contributed by atoms with Crippen LogP contribution in [0.15, 0.2) is 42.5 Å². The van der Waals surface area contributed by atoms with Crippen LogP contribution in [0.3, 0.4) is 0 Å². The number of rotatable bonds is 6. The maximum absolute atomic E-state index is 10.6. The van der Waals surface area contributed by atoms with E-state index in [2.05, 4.69) is 37.4 Å². The Bertz CT molecular complexity index is 635. The monoisotopic (exact) mass is 283 g/mol. The van der Waals surface area contributed by atoms with Gasteiger partial charge < -0.3 is 10.4 Å². The molecule has 21 heavy (non-hydrogen) atoms. The molecule has 0 saturated carbocycles. The molecule has 2 aromatic carbocycles. The molecule has 0 aromatic heterocycles. The average Bonchev–Trinajstić information content (AvgIpc) is 2.47. The molecule has 0 bridgehead atoms. The van der Waals surface area contributed by atoms with Crippen LogP contribution in [0.5, 0.6) is 0 Å². The Hall–Kier alpha value is -2.29. The third-order valence-electron chi connectivity index (χ3n) is 3.62. The van der Waals surface area contributed by atoms with E-state index in [1.54, 1.807) is 0 Å². The van der Waals surface area contributed by atoms with E-state index in [0.29, 0.717) is 6.42 Å². The van der Waals surface area contributed by atoms with E-state index in [1.165, 1.54) is 16.7 Å². The standard InChI is InChI=1S/C18H21NO2/c1-13-6-7-16(10-14(13)2)12-19-17-5-3-4-15(11-17)8-9-18(20)21/h3-7,10-11,19H,8-9,12H2,1-2H3,(H,20,21). The van der Waals surface area contributed by atoms with Gasteiger partial charge in [0, 0.05) is 18.7 Å². The van der Waals surface area contributed by atoms with Gasteiger partial charge in [-0.1, -0.05) is 30.3 Å². The van der Waals surface area contributed by atoms with Crippen LogP contribution in [0.1, 0.15) is 28.7 Å². The van der Waals surface area contributed by atoms with Crippen LogP contribution in [0.25, 0.3) is 0 Å². The second kappa shape index (κ2) is 6.93. The minimum Gasteiger partial charge on any atom is -0.481 e. The maximum atomic E-state index is 10.6. The van der Waals surface area contributed by atoms with Gasteiger partial charge in [-0.15, -0.1) is 0 Å². The summed E-state index contributed by atoms with van der Waals surface area (Å²) in [4.78, 5) is 10.6. The summed E-state index contributed by atoms with van der Waals surface area (Å²) in [5.74, 6) is -0.761. The number of benzene rings is 2. The summed E-state index contributed by atoms with van der Waals surface area (Å²) in [5.41, 5.74) is 5.91. The Balaban J connectivity index is 1.97. The van der Waals surface area contributed by atoms with Gasteiger partial charge in [0.05, 0.1) is 0 Å². The Kier molecular flexibility index (Phi) is 4.99. The molecular formula is C18H21NO2. The molecule has 3 heteroatoms. The molecule has 0 aliphatic rings. The summed E-state index contributed by atoms with van der Waals surface area (Å²) in [6.07, 6.45) is 0.731. The molecular weight excluding hydrogens is 262 g/mol. The van der Waals surface area contributed by atoms with Gasteiger partial charge in [0.2, 0.25) is 0 Å². The molecule has 0 atom stereocenters. The molecule has 110 valence electrons. The highest BCUT2D eigenvalue weighted by Gasteiger charge is 2.01. The van der Waals surface area contributed by atoms with Crippen LogP contribution >= 0.6 is 0 Å². The Morgan fingerprint density at radius 2 is 1.86 bits per heavy atom. The van der Waals surface area contributed by atoms with E-state index in [4.69, 9.17) is 5.11 Å². The first kappa shape index (κ1) is 15.1. The van der Waals surface area contributed by atoms with Gasteiger partial charge in [0.15, 0.2) is 0 Å². The number of aryl methyl sites for hydroxylation is 3. The number of hydrogen-bond acceptors (Lipinski definition) is 2. The van der Waals surface area contributed by atoms with Crippen LogP contribution in [0.4, 0.5) is 5.69 Å².